The first kappa shape index (κ1) is 23.2. The smallest absolute Gasteiger partial charge is 0.242 e. The number of hydrogen-bond donors (Lipinski definition) is 5. The van der Waals surface area contributed by atoms with Crippen LogP contribution in [0.1, 0.15) is 35.6 Å². The number of aryl methyl sites for hydroxylation is 3. The average molecular weight is 414 g/mol. The fourth-order valence-corrected chi connectivity index (χ4v) is 3.31. The molecule has 0 saturated carbocycles. The Morgan fingerprint density at radius 3 is 2.20 bits per heavy atom. The summed E-state index contributed by atoms with van der Waals surface area (Å²) in [5.74, 6) is -0.250. The van der Waals surface area contributed by atoms with Crippen molar-refractivity contribution in [1.29, 1.82) is 0 Å². The van der Waals surface area contributed by atoms with Crippen molar-refractivity contribution in [2.75, 3.05) is 6.54 Å². The minimum absolute atomic E-state index is 0.183. The van der Waals surface area contributed by atoms with Gasteiger partial charge in [0.1, 0.15) is 17.5 Å². The van der Waals surface area contributed by atoms with Gasteiger partial charge >= 0.3 is 0 Å². The lowest BCUT2D eigenvalue weighted by molar-refractivity contribution is -0.129. The third kappa shape index (κ3) is 6.77. The number of carbonyl (C=O) groups is 2. The third-order valence-corrected chi connectivity index (χ3v) is 5.07. The van der Waals surface area contributed by atoms with E-state index in [0.29, 0.717) is 13.0 Å². The van der Waals surface area contributed by atoms with Crippen LogP contribution in [0.3, 0.4) is 0 Å². The second-order valence-electron chi connectivity index (χ2n) is 7.66. The predicted molar refractivity (Wildman–Crippen MR) is 116 cm³/mol. The molecule has 0 aliphatic heterocycles. The van der Waals surface area contributed by atoms with Crippen LogP contribution < -0.4 is 16.4 Å². The van der Waals surface area contributed by atoms with Gasteiger partial charge in [-0.25, -0.2) is 0 Å². The number of aromatic hydroxyl groups is 2. The zero-order chi connectivity index (χ0) is 22.3. The number of phenolic OH excluding ortho intramolecular Hbond substituents is 2. The van der Waals surface area contributed by atoms with Crippen LogP contribution in [0.2, 0.25) is 0 Å². The molecule has 7 nitrogen and oxygen atoms in total. The number of nitrogens with two attached hydrogens (primary N) is 1. The molecule has 2 aromatic carbocycles. The molecule has 6 N–H and O–H groups in total. The van der Waals surface area contributed by atoms with Crippen LogP contribution in [0.15, 0.2) is 36.4 Å². The van der Waals surface area contributed by atoms with Gasteiger partial charge in [-0.05, 0) is 86.6 Å². The summed E-state index contributed by atoms with van der Waals surface area (Å²) in [5.41, 5.74) is 9.78. The summed E-state index contributed by atoms with van der Waals surface area (Å²) in [7, 11) is 0. The standard InChI is InChI=1S/C23H31N3O4/c1-14-11-19(28)12-15(2)20(14)13-21(24)23(30)26-16(3)22(29)25-10-4-5-17-6-8-18(27)9-7-17/h6-9,11-12,16,21,27-28H,4-5,10,13,24H2,1-3H3,(H,25,29)(H,26,30)/t16-,21+/m1/s1. The largest absolute Gasteiger partial charge is 0.508 e. The lowest BCUT2D eigenvalue weighted by Crippen LogP contribution is -2.51. The van der Waals surface area contributed by atoms with Crippen LogP contribution in [0.4, 0.5) is 0 Å². The molecular formula is C23H31N3O4. The highest BCUT2D eigenvalue weighted by Gasteiger charge is 2.21. The van der Waals surface area contributed by atoms with Crippen LogP contribution in [0, 0.1) is 13.8 Å². The lowest BCUT2D eigenvalue weighted by atomic mass is 9.96. The van der Waals surface area contributed by atoms with E-state index in [1.807, 2.05) is 26.0 Å². The molecule has 0 bridgehead atoms. The van der Waals surface area contributed by atoms with Crippen molar-refractivity contribution in [3.8, 4) is 11.5 Å². The fraction of sp³-hybridized carbons (Fsp3) is 0.391. The van der Waals surface area contributed by atoms with Gasteiger partial charge in [0, 0.05) is 6.54 Å². The van der Waals surface area contributed by atoms with E-state index in [4.69, 9.17) is 5.73 Å². The highest BCUT2D eigenvalue weighted by molar-refractivity contribution is 5.89. The van der Waals surface area contributed by atoms with E-state index in [1.165, 1.54) is 0 Å². The second kappa shape index (κ2) is 10.6. The van der Waals surface area contributed by atoms with Crippen LogP contribution in [-0.2, 0) is 22.4 Å². The van der Waals surface area contributed by atoms with Crippen molar-refractivity contribution in [3.05, 3.63) is 58.7 Å². The van der Waals surface area contributed by atoms with Crippen molar-refractivity contribution in [3.63, 3.8) is 0 Å². The molecule has 2 rings (SSSR count). The van der Waals surface area contributed by atoms with E-state index in [-0.39, 0.29) is 17.4 Å². The zero-order valence-corrected chi connectivity index (χ0v) is 17.7. The van der Waals surface area contributed by atoms with E-state index < -0.39 is 18.0 Å². The van der Waals surface area contributed by atoms with Gasteiger partial charge in [0.15, 0.2) is 0 Å². The highest BCUT2D eigenvalue weighted by atomic mass is 16.3. The number of hydrogen-bond acceptors (Lipinski definition) is 5. The predicted octanol–water partition coefficient (Wildman–Crippen LogP) is 1.84. The Balaban J connectivity index is 1.77. The number of phenols is 2. The molecule has 2 aromatic rings. The molecule has 0 radical (unpaired) electrons. The average Bonchev–Trinajstić information content (AvgIpc) is 2.68. The third-order valence-electron chi connectivity index (χ3n) is 5.07. The summed E-state index contributed by atoms with van der Waals surface area (Å²) in [4.78, 5) is 24.6. The van der Waals surface area contributed by atoms with E-state index in [9.17, 15) is 19.8 Å². The Morgan fingerprint density at radius 2 is 1.60 bits per heavy atom. The van der Waals surface area contributed by atoms with Crippen molar-refractivity contribution in [2.45, 2.75) is 52.1 Å². The van der Waals surface area contributed by atoms with E-state index in [0.717, 1.165) is 35.1 Å². The number of benzene rings is 2. The molecule has 0 heterocycles. The molecule has 0 saturated heterocycles. The summed E-state index contributed by atoms with van der Waals surface area (Å²) < 4.78 is 0. The fourth-order valence-electron chi connectivity index (χ4n) is 3.31. The van der Waals surface area contributed by atoms with Gasteiger partial charge in [-0.1, -0.05) is 12.1 Å². The molecule has 0 aliphatic rings. The first-order valence-electron chi connectivity index (χ1n) is 10.1. The Hall–Kier alpha value is -3.06. The summed E-state index contributed by atoms with van der Waals surface area (Å²) in [6, 6.07) is 8.75. The molecule has 0 aromatic heterocycles. The summed E-state index contributed by atoms with van der Waals surface area (Å²) in [6.45, 7) is 5.83. The van der Waals surface area contributed by atoms with Crippen molar-refractivity contribution in [1.82, 2.24) is 10.6 Å². The summed E-state index contributed by atoms with van der Waals surface area (Å²) in [6.07, 6.45) is 1.85. The minimum atomic E-state index is -0.795. The van der Waals surface area contributed by atoms with Gasteiger partial charge in [0.05, 0.1) is 6.04 Å². The maximum absolute atomic E-state index is 12.4. The maximum atomic E-state index is 12.4. The Labute approximate surface area is 177 Å². The Bertz CT molecular complexity index is 858. The Kier molecular flexibility index (Phi) is 8.24. The molecule has 2 atom stereocenters. The SMILES string of the molecule is Cc1cc(O)cc(C)c1C[C@H](N)C(=O)N[C@H](C)C(=O)NCCCc1ccc(O)cc1. The molecular weight excluding hydrogens is 382 g/mol. The number of rotatable bonds is 9. The van der Waals surface area contributed by atoms with Crippen molar-refractivity contribution in [2.24, 2.45) is 5.73 Å². The monoisotopic (exact) mass is 413 g/mol. The number of amides is 2. The molecule has 0 aliphatic carbocycles. The first-order chi connectivity index (χ1) is 14.2. The zero-order valence-electron chi connectivity index (χ0n) is 17.7. The van der Waals surface area contributed by atoms with Crippen LogP contribution in [0.25, 0.3) is 0 Å². The number of nitrogens with one attached hydrogen (secondary N) is 2. The summed E-state index contributed by atoms with van der Waals surface area (Å²) in [5, 5.41) is 24.4. The molecule has 0 fully saturated rings. The van der Waals surface area contributed by atoms with Gasteiger partial charge in [-0.2, -0.15) is 0 Å². The highest BCUT2D eigenvalue weighted by Crippen LogP contribution is 2.21. The Morgan fingerprint density at radius 1 is 1.00 bits per heavy atom. The van der Waals surface area contributed by atoms with Gasteiger partial charge in [-0.15, -0.1) is 0 Å². The van der Waals surface area contributed by atoms with Gasteiger partial charge in [0.2, 0.25) is 11.8 Å². The number of carbonyl (C=O) groups excluding carboxylic acids is 2. The molecule has 0 spiro atoms. The minimum Gasteiger partial charge on any atom is -0.508 e. The summed E-state index contributed by atoms with van der Waals surface area (Å²) >= 11 is 0. The van der Waals surface area contributed by atoms with Gasteiger partial charge in [0.25, 0.3) is 0 Å². The van der Waals surface area contributed by atoms with Crippen molar-refractivity contribution < 1.29 is 19.8 Å². The molecule has 162 valence electrons. The molecule has 7 heteroatoms. The normalized spacial score (nSPS) is 12.8. The lowest BCUT2D eigenvalue weighted by Gasteiger charge is -2.19. The van der Waals surface area contributed by atoms with E-state index in [2.05, 4.69) is 10.6 Å². The van der Waals surface area contributed by atoms with Crippen LogP contribution >= 0.6 is 0 Å². The molecule has 0 unspecified atom stereocenters. The quantitative estimate of drug-likeness (QED) is 0.401. The first-order valence-corrected chi connectivity index (χ1v) is 10.1. The van der Waals surface area contributed by atoms with E-state index in [1.54, 1.807) is 31.2 Å². The second-order valence-corrected chi connectivity index (χ2v) is 7.66. The topological polar surface area (TPSA) is 125 Å². The molecule has 30 heavy (non-hydrogen) atoms. The van der Waals surface area contributed by atoms with Crippen molar-refractivity contribution >= 4 is 11.8 Å². The van der Waals surface area contributed by atoms with E-state index >= 15 is 0 Å². The van der Waals surface area contributed by atoms with Crippen LogP contribution in [0.5, 0.6) is 11.5 Å². The molecule has 2 amide bonds. The van der Waals surface area contributed by atoms with Crippen LogP contribution in [-0.4, -0.2) is 40.7 Å². The van der Waals surface area contributed by atoms with Gasteiger partial charge < -0.3 is 26.6 Å². The maximum Gasteiger partial charge on any atom is 0.242 e. The van der Waals surface area contributed by atoms with Gasteiger partial charge in [-0.3, -0.25) is 9.59 Å².